The maximum Gasteiger partial charge on any atom is 0.573 e. The maximum atomic E-state index is 12.0. The average molecular weight is 333 g/mol. The molecule has 0 aliphatic carbocycles. The second kappa shape index (κ2) is 8.86. The second-order valence-corrected chi connectivity index (χ2v) is 4.50. The second-order valence-electron chi connectivity index (χ2n) is 4.50. The summed E-state index contributed by atoms with van der Waals surface area (Å²) in [4.78, 5) is 14.9. The van der Waals surface area contributed by atoms with E-state index in [2.05, 4.69) is 19.8 Å². The Bertz CT molecular complexity index is 530. The van der Waals surface area contributed by atoms with Crippen LogP contribution in [0.3, 0.4) is 0 Å². The van der Waals surface area contributed by atoms with E-state index >= 15 is 0 Å². The summed E-state index contributed by atoms with van der Waals surface area (Å²) in [5.41, 5.74) is 6.13. The van der Waals surface area contributed by atoms with E-state index in [4.69, 9.17) is 5.73 Å². The number of aliphatic imine (C=N–C) groups is 1. The largest absolute Gasteiger partial charge is 0.573 e. The molecular weight excluding hydrogens is 315 g/mol. The Kier molecular flexibility index (Phi) is 7.17. The topological polar surface area (TPSA) is 85.9 Å². The molecule has 3 N–H and O–H groups in total. The van der Waals surface area contributed by atoms with Crippen LogP contribution in [0.5, 0.6) is 5.75 Å². The minimum Gasteiger partial charge on any atom is -0.469 e. The molecule has 0 fully saturated rings. The molecule has 0 aromatic heterocycles. The fraction of sp³-hybridized carbons (Fsp3) is 0.429. The molecule has 1 aromatic carbocycles. The Labute approximate surface area is 131 Å². The lowest BCUT2D eigenvalue weighted by Gasteiger charge is -2.10. The molecule has 0 radical (unpaired) electrons. The number of guanidine groups is 1. The van der Waals surface area contributed by atoms with Gasteiger partial charge in [-0.25, -0.2) is 0 Å². The number of nitrogens with zero attached hydrogens (tertiary/aromatic N) is 1. The van der Waals surface area contributed by atoms with Crippen LogP contribution in [0.15, 0.2) is 29.3 Å². The van der Waals surface area contributed by atoms with Crippen LogP contribution in [0.1, 0.15) is 19.3 Å². The highest BCUT2D eigenvalue weighted by Crippen LogP contribution is 2.23. The highest BCUT2D eigenvalue weighted by atomic mass is 19.4. The molecule has 0 amide bonds. The fourth-order valence-corrected chi connectivity index (χ4v) is 1.61. The molecule has 0 bridgehead atoms. The van der Waals surface area contributed by atoms with Crippen LogP contribution in [0, 0.1) is 0 Å². The first-order valence-electron chi connectivity index (χ1n) is 6.80. The van der Waals surface area contributed by atoms with Crippen molar-refractivity contribution in [1.29, 1.82) is 0 Å². The van der Waals surface area contributed by atoms with Crippen molar-refractivity contribution in [1.82, 2.24) is 0 Å². The molecule has 0 saturated heterocycles. The normalized spacial score (nSPS) is 11.9. The SMILES string of the molecule is COC(=O)CCCCN=C(N)Nc1ccc(OC(F)(F)F)cc1. The van der Waals surface area contributed by atoms with Gasteiger partial charge in [0.25, 0.3) is 0 Å². The molecule has 0 atom stereocenters. The Balaban J connectivity index is 2.37. The zero-order valence-electron chi connectivity index (χ0n) is 12.5. The Morgan fingerprint density at radius 2 is 1.91 bits per heavy atom. The van der Waals surface area contributed by atoms with Crippen LogP contribution in [0.25, 0.3) is 0 Å². The Morgan fingerprint density at radius 3 is 2.48 bits per heavy atom. The number of hydrogen-bond acceptors (Lipinski definition) is 4. The van der Waals surface area contributed by atoms with Crippen molar-refractivity contribution in [2.24, 2.45) is 10.7 Å². The first-order valence-corrected chi connectivity index (χ1v) is 6.80. The van der Waals surface area contributed by atoms with Crippen LogP contribution in [0.2, 0.25) is 0 Å². The third kappa shape index (κ3) is 8.54. The monoisotopic (exact) mass is 333 g/mol. The number of ether oxygens (including phenoxy) is 2. The maximum absolute atomic E-state index is 12.0. The van der Waals surface area contributed by atoms with E-state index in [-0.39, 0.29) is 17.7 Å². The van der Waals surface area contributed by atoms with Gasteiger partial charge < -0.3 is 20.5 Å². The highest BCUT2D eigenvalue weighted by molar-refractivity contribution is 5.92. The van der Waals surface area contributed by atoms with E-state index in [1.165, 1.54) is 31.4 Å². The summed E-state index contributed by atoms with van der Waals surface area (Å²) in [5, 5.41) is 2.74. The quantitative estimate of drug-likeness (QED) is 0.347. The third-order valence-electron chi connectivity index (χ3n) is 2.66. The van der Waals surface area contributed by atoms with Crippen LogP contribution in [-0.4, -0.2) is 31.9 Å². The number of carbonyl (C=O) groups is 1. The van der Waals surface area contributed by atoms with Crippen molar-refractivity contribution < 1.29 is 27.4 Å². The van der Waals surface area contributed by atoms with Crippen LogP contribution < -0.4 is 15.8 Å². The van der Waals surface area contributed by atoms with Gasteiger partial charge in [-0.2, -0.15) is 0 Å². The van der Waals surface area contributed by atoms with Gasteiger partial charge in [0.15, 0.2) is 5.96 Å². The number of rotatable bonds is 7. The van der Waals surface area contributed by atoms with E-state index in [9.17, 15) is 18.0 Å². The lowest BCUT2D eigenvalue weighted by atomic mass is 10.2. The minimum absolute atomic E-state index is 0.132. The molecule has 9 heteroatoms. The summed E-state index contributed by atoms with van der Waals surface area (Å²) in [6.07, 6.45) is -3.11. The number of benzene rings is 1. The molecule has 0 aliphatic rings. The average Bonchev–Trinajstić information content (AvgIpc) is 2.47. The molecule has 1 aromatic rings. The number of alkyl halides is 3. The van der Waals surface area contributed by atoms with Gasteiger partial charge in [0, 0.05) is 18.7 Å². The van der Waals surface area contributed by atoms with E-state index in [1.54, 1.807) is 0 Å². The smallest absolute Gasteiger partial charge is 0.469 e. The molecule has 0 saturated carbocycles. The number of hydrogen-bond donors (Lipinski definition) is 2. The summed E-state index contributed by atoms with van der Waals surface area (Å²) in [6, 6.07) is 5.11. The molecule has 6 nitrogen and oxygen atoms in total. The van der Waals surface area contributed by atoms with E-state index in [0.717, 1.165) is 0 Å². The van der Waals surface area contributed by atoms with Gasteiger partial charge in [-0.15, -0.1) is 13.2 Å². The zero-order valence-corrected chi connectivity index (χ0v) is 12.5. The molecular formula is C14H18F3N3O3. The van der Waals surface area contributed by atoms with Gasteiger partial charge in [-0.3, -0.25) is 9.79 Å². The van der Waals surface area contributed by atoms with Gasteiger partial charge in [0.2, 0.25) is 0 Å². The summed E-state index contributed by atoms with van der Waals surface area (Å²) in [7, 11) is 1.33. The van der Waals surface area contributed by atoms with Gasteiger partial charge >= 0.3 is 12.3 Å². The number of methoxy groups -OCH3 is 1. The molecule has 0 aliphatic heterocycles. The van der Waals surface area contributed by atoms with Crippen molar-refractivity contribution in [2.75, 3.05) is 19.0 Å². The predicted octanol–water partition coefficient (Wildman–Crippen LogP) is 2.66. The van der Waals surface area contributed by atoms with Crippen LogP contribution >= 0.6 is 0 Å². The number of nitrogens with one attached hydrogen (secondary N) is 1. The number of unbranched alkanes of at least 4 members (excludes halogenated alkanes) is 1. The van der Waals surface area contributed by atoms with Crippen LogP contribution in [0.4, 0.5) is 18.9 Å². The summed E-state index contributed by atoms with van der Waals surface area (Å²) in [5.74, 6) is -0.463. The lowest BCUT2D eigenvalue weighted by Crippen LogP contribution is -2.23. The molecule has 0 unspecified atom stereocenters. The highest BCUT2D eigenvalue weighted by Gasteiger charge is 2.30. The Hall–Kier alpha value is -2.45. The standard InChI is InChI=1S/C14H18F3N3O3/c1-22-12(21)4-2-3-9-19-13(18)20-10-5-7-11(8-6-10)23-14(15,16)17/h5-8H,2-4,9H2,1H3,(H3,18,19,20). The van der Waals surface area contributed by atoms with Crippen molar-refractivity contribution in [3.8, 4) is 5.75 Å². The summed E-state index contributed by atoms with van der Waals surface area (Å²) >= 11 is 0. The molecule has 0 heterocycles. The molecule has 128 valence electrons. The third-order valence-corrected chi connectivity index (χ3v) is 2.66. The van der Waals surface area contributed by atoms with Gasteiger partial charge in [-0.05, 0) is 37.1 Å². The number of carbonyl (C=O) groups excluding carboxylic acids is 1. The lowest BCUT2D eigenvalue weighted by molar-refractivity contribution is -0.274. The van der Waals surface area contributed by atoms with Gasteiger partial charge in [0.05, 0.1) is 7.11 Å². The minimum atomic E-state index is -4.72. The van der Waals surface area contributed by atoms with E-state index < -0.39 is 6.36 Å². The fourth-order valence-electron chi connectivity index (χ4n) is 1.61. The number of esters is 1. The zero-order chi connectivity index (χ0) is 17.3. The number of halogens is 3. The summed E-state index contributed by atoms with van der Waals surface area (Å²) < 4.78 is 44.3. The molecule has 1 rings (SSSR count). The van der Waals surface area contributed by atoms with Crippen molar-refractivity contribution in [2.45, 2.75) is 25.6 Å². The first-order chi connectivity index (χ1) is 10.8. The van der Waals surface area contributed by atoms with Crippen molar-refractivity contribution >= 4 is 17.6 Å². The summed E-state index contributed by atoms with van der Waals surface area (Å²) in [6.45, 7) is 0.422. The first kappa shape index (κ1) is 18.6. The van der Waals surface area contributed by atoms with Crippen LogP contribution in [-0.2, 0) is 9.53 Å². The molecule has 23 heavy (non-hydrogen) atoms. The van der Waals surface area contributed by atoms with E-state index in [0.29, 0.717) is 31.5 Å². The van der Waals surface area contributed by atoms with Gasteiger partial charge in [0.1, 0.15) is 5.75 Å². The van der Waals surface area contributed by atoms with Crippen molar-refractivity contribution in [3.63, 3.8) is 0 Å². The predicted molar refractivity (Wildman–Crippen MR) is 79.1 cm³/mol. The van der Waals surface area contributed by atoms with Gasteiger partial charge in [-0.1, -0.05) is 0 Å². The molecule has 0 spiro atoms. The van der Waals surface area contributed by atoms with E-state index in [1.807, 2.05) is 0 Å². The van der Waals surface area contributed by atoms with Crippen molar-refractivity contribution in [3.05, 3.63) is 24.3 Å². The number of nitrogens with two attached hydrogens (primary N) is 1. The Morgan fingerprint density at radius 1 is 1.26 bits per heavy atom. The number of anilines is 1.